The number of fused-ring (bicyclic) bond motifs is 2. The first-order chi connectivity index (χ1) is 16.6. The average Bonchev–Trinajstić information content (AvgIpc) is 3.47. The van der Waals surface area contributed by atoms with Gasteiger partial charge in [-0.1, -0.05) is 23.4 Å². The van der Waals surface area contributed by atoms with E-state index in [2.05, 4.69) is 26.2 Å². The molecule has 1 amide bonds. The van der Waals surface area contributed by atoms with Crippen molar-refractivity contribution < 1.29 is 13.7 Å². The van der Waals surface area contributed by atoms with Gasteiger partial charge in [-0.05, 0) is 49.2 Å². The Kier molecular flexibility index (Phi) is 4.72. The van der Waals surface area contributed by atoms with Crippen LogP contribution in [0.4, 0.5) is 4.39 Å². The quantitative estimate of drug-likeness (QED) is 0.409. The fourth-order valence-electron chi connectivity index (χ4n) is 4.56. The van der Waals surface area contributed by atoms with Gasteiger partial charge in [-0.3, -0.25) is 4.79 Å². The predicted molar refractivity (Wildman–Crippen MR) is 127 cm³/mol. The molecule has 5 heterocycles. The molecule has 0 aliphatic carbocycles. The molecule has 0 spiro atoms. The highest BCUT2D eigenvalue weighted by Gasteiger charge is 2.26. The number of H-pyrrole nitrogens is 1. The third-order valence-electron chi connectivity index (χ3n) is 6.29. The lowest BCUT2D eigenvalue weighted by atomic mass is 9.98. The van der Waals surface area contributed by atoms with Gasteiger partial charge in [0, 0.05) is 42.0 Å². The van der Waals surface area contributed by atoms with Crippen LogP contribution in [0.1, 0.15) is 28.0 Å². The SMILES string of the molecule is Cc1noc2nc(-c3ccccc3F)cc(C(=O)N3CC=C(c4c[nH]c5ncccc45)CC3)c12. The van der Waals surface area contributed by atoms with Crippen molar-refractivity contribution in [1.29, 1.82) is 0 Å². The summed E-state index contributed by atoms with van der Waals surface area (Å²) in [6, 6.07) is 11.9. The highest BCUT2D eigenvalue weighted by atomic mass is 19.1. The van der Waals surface area contributed by atoms with E-state index in [1.807, 2.05) is 18.3 Å². The number of nitrogens with zero attached hydrogens (tertiary/aromatic N) is 4. The van der Waals surface area contributed by atoms with E-state index in [0.717, 1.165) is 16.6 Å². The molecule has 0 bridgehead atoms. The number of hydrogen-bond donors (Lipinski definition) is 1. The van der Waals surface area contributed by atoms with Crippen LogP contribution in [0.25, 0.3) is 39.0 Å². The number of nitrogens with one attached hydrogen (secondary N) is 1. The number of carbonyl (C=O) groups excluding carboxylic acids is 1. The standard InChI is InChI=1S/C26H20FN5O2/c1-15-23-19(13-22(30-25(23)34-31-15)18-5-2-3-7-21(18)27)26(33)32-11-8-16(9-12-32)20-14-29-24-17(20)6-4-10-28-24/h2-8,10,13-14H,9,11-12H2,1H3,(H,28,29). The molecule has 0 fully saturated rings. The Labute approximate surface area is 193 Å². The smallest absolute Gasteiger partial charge is 0.259 e. The largest absolute Gasteiger partial charge is 0.346 e. The Morgan fingerprint density at radius 2 is 2.06 bits per heavy atom. The van der Waals surface area contributed by atoms with E-state index in [-0.39, 0.29) is 11.6 Å². The van der Waals surface area contributed by atoms with Gasteiger partial charge in [0.15, 0.2) is 0 Å². The normalized spacial score (nSPS) is 14.1. The number of aromatic nitrogens is 4. The summed E-state index contributed by atoms with van der Waals surface area (Å²) in [5.41, 5.74) is 4.99. The van der Waals surface area contributed by atoms with E-state index in [1.54, 1.807) is 42.3 Å². The zero-order chi connectivity index (χ0) is 23.2. The molecule has 1 N–H and O–H groups in total. The van der Waals surface area contributed by atoms with E-state index in [9.17, 15) is 9.18 Å². The van der Waals surface area contributed by atoms with E-state index in [0.29, 0.717) is 47.4 Å². The van der Waals surface area contributed by atoms with Crippen LogP contribution in [0.15, 0.2) is 65.5 Å². The molecule has 0 saturated carbocycles. The maximum Gasteiger partial charge on any atom is 0.259 e. The zero-order valence-corrected chi connectivity index (χ0v) is 18.4. The minimum Gasteiger partial charge on any atom is -0.346 e. The lowest BCUT2D eigenvalue weighted by Crippen LogP contribution is -2.34. The molecule has 1 aromatic carbocycles. The van der Waals surface area contributed by atoms with Crippen molar-refractivity contribution in [2.24, 2.45) is 0 Å². The minimum absolute atomic E-state index is 0.160. The molecule has 6 rings (SSSR count). The second-order valence-corrected chi connectivity index (χ2v) is 8.32. The van der Waals surface area contributed by atoms with Crippen molar-refractivity contribution >= 4 is 33.6 Å². The van der Waals surface area contributed by atoms with Crippen LogP contribution in [0.2, 0.25) is 0 Å². The van der Waals surface area contributed by atoms with E-state index in [1.165, 1.54) is 11.6 Å². The van der Waals surface area contributed by atoms with Gasteiger partial charge in [-0.25, -0.2) is 14.4 Å². The van der Waals surface area contributed by atoms with Crippen LogP contribution < -0.4 is 0 Å². The van der Waals surface area contributed by atoms with Crippen molar-refractivity contribution in [3.63, 3.8) is 0 Å². The molecule has 0 radical (unpaired) electrons. The van der Waals surface area contributed by atoms with Crippen molar-refractivity contribution in [3.8, 4) is 11.3 Å². The van der Waals surface area contributed by atoms with Gasteiger partial charge < -0.3 is 14.4 Å². The summed E-state index contributed by atoms with van der Waals surface area (Å²) in [4.78, 5) is 27.4. The van der Waals surface area contributed by atoms with Gasteiger partial charge in [-0.15, -0.1) is 0 Å². The number of carbonyl (C=O) groups is 1. The number of aryl methyl sites for hydroxylation is 1. The summed E-state index contributed by atoms with van der Waals surface area (Å²) in [7, 11) is 0. The summed E-state index contributed by atoms with van der Waals surface area (Å²) in [5, 5.41) is 5.62. The van der Waals surface area contributed by atoms with Crippen LogP contribution in [-0.2, 0) is 0 Å². The fraction of sp³-hybridized carbons (Fsp3) is 0.154. The number of hydrogen-bond acceptors (Lipinski definition) is 5. The van der Waals surface area contributed by atoms with Gasteiger partial charge in [0.2, 0.25) is 0 Å². The van der Waals surface area contributed by atoms with Gasteiger partial charge in [-0.2, -0.15) is 0 Å². The zero-order valence-electron chi connectivity index (χ0n) is 18.4. The van der Waals surface area contributed by atoms with Gasteiger partial charge >= 0.3 is 0 Å². The molecule has 0 saturated heterocycles. The van der Waals surface area contributed by atoms with Crippen LogP contribution in [0.3, 0.4) is 0 Å². The van der Waals surface area contributed by atoms with Crippen LogP contribution in [0, 0.1) is 12.7 Å². The first kappa shape index (κ1) is 20.3. The summed E-state index contributed by atoms with van der Waals surface area (Å²) >= 11 is 0. The number of amides is 1. The number of halogens is 1. The second kappa shape index (κ2) is 7.91. The Bertz CT molecular complexity index is 1600. The number of benzene rings is 1. The third-order valence-corrected chi connectivity index (χ3v) is 6.29. The maximum absolute atomic E-state index is 14.5. The highest BCUT2D eigenvalue weighted by molar-refractivity contribution is 6.07. The topological polar surface area (TPSA) is 87.9 Å². The van der Waals surface area contributed by atoms with Crippen molar-refractivity contribution in [1.82, 2.24) is 25.0 Å². The van der Waals surface area contributed by atoms with Crippen LogP contribution in [-0.4, -0.2) is 44.0 Å². The van der Waals surface area contributed by atoms with Gasteiger partial charge in [0.25, 0.3) is 11.6 Å². The van der Waals surface area contributed by atoms with Crippen molar-refractivity contribution in [3.05, 3.63) is 83.6 Å². The number of aromatic amines is 1. The molecule has 8 heteroatoms. The highest BCUT2D eigenvalue weighted by Crippen LogP contribution is 2.32. The van der Waals surface area contributed by atoms with E-state index < -0.39 is 5.82 Å². The van der Waals surface area contributed by atoms with Crippen molar-refractivity contribution in [2.75, 3.05) is 13.1 Å². The average molecular weight is 453 g/mol. The molecule has 1 aliphatic heterocycles. The molecule has 1 aliphatic rings. The molecule has 0 atom stereocenters. The van der Waals surface area contributed by atoms with Crippen LogP contribution in [0.5, 0.6) is 0 Å². The van der Waals surface area contributed by atoms with Gasteiger partial charge in [0.1, 0.15) is 11.5 Å². The molecule has 0 unspecified atom stereocenters. The molecule has 34 heavy (non-hydrogen) atoms. The van der Waals surface area contributed by atoms with E-state index >= 15 is 0 Å². The molecular weight excluding hydrogens is 433 g/mol. The molecule has 5 aromatic rings. The number of pyridine rings is 2. The van der Waals surface area contributed by atoms with Crippen molar-refractivity contribution in [2.45, 2.75) is 13.3 Å². The summed E-state index contributed by atoms with van der Waals surface area (Å²) in [6.45, 7) is 2.79. The van der Waals surface area contributed by atoms with Gasteiger partial charge in [0.05, 0.1) is 22.3 Å². The third kappa shape index (κ3) is 3.26. The Hall–Kier alpha value is -4.33. The molecule has 168 valence electrons. The van der Waals surface area contributed by atoms with Crippen LogP contribution >= 0.6 is 0 Å². The molecule has 4 aromatic heterocycles. The fourth-order valence-corrected chi connectivity index (χ4v) is 4.56. The molecular formula is C26H20FN5O2. The molecule has 7 nitrogen and oxygen atoms in total. The Morgan fingerprint density at radius 1 is 1.18 bits per heavy atom. The predicted octanol–water partition coefficient (Wildman–Crippen LogP) is 5.14. The first-order valence-electron chi connectivity index (χ1n) is 11.0. The maximum atomic E-state index is 14.5. The Morgan fingerprint density at radius 3 is 2.88 bits per heavy atom. The first-order valence-corrected chi connectivity index (χ1v) is 11.0. The summed E-state index contributed by atoms with van der Waals surface area (Å²) in [5.74, 6) is -0.574. The summed E-state index contributed by atoms with van der Waals surface area (Å²) < 4.78 is 19.8. The summed E-state index contributed by atoms with van der Waals surface area (Å²) in [6.07, 6.45) is 6.52. The lowest BCUT2D eigenvalue weighted by Gasteiger charge is -2.27. The lowest BCUT2D eigenvalue weighted by molar-refractivity contribution is 0.0774. The second-order valence-electron chi connectivity index (χ2n) is 8.32. The van der Waals surface area contributed by atoms with E-state index in [4.69, 9.17) is 4.52 Å². The monoisotopic (exact) mass is 453 g/mol. The minimum atomic E-state index is -0.414. The Balaban J connectivity index is 1.36. The number of rotatable bonds is 3.